The highest BCUT2D eigenvalue weighted by Gasteiger charge is 2.32. The summed E-state index contributed by atoms with van der Waals surface area (Å²) in [7, 11) is -2.41. The Balaban J connectivity index is 1.25. The van der Waals surface area contributed by atoms with Crippen molar-refractivity contribution in [1.82, 2.24) is 9.71 Å². The molecule has 0 radical (unpaired) electrons. The number of aryl methyl sites for hydroxylation is 2. The van der Waals surface area contributed by atoms with E-state index < -0.39 is 27.6 Å². The number of benzene rings is 2. The average molecular weight is 660 g/mol. The van der Waals surface area contributed by atoms with Crippen molar-refractivity contribution in [3.8, 4) is 17.6 Å². The molecule has 1 atom stereocenters. The van der Waals surface area contributed by atoms with Crippen molar-refractivity contribution >= 4 is 32.5 Å². The number of hydrogen-bond acceptors (Lipinski definition) is 10. The Hall–Kier alpha value is -3.54. The molecule has 0 aliphatic carbocycles. The van der Waals surface area contributed by atoms with Gasteiger partial charge in [-0.25, -0.2) is 22.6 Å². The van der Waals surface area contributed by atoms with Gasteiger partial charge in [0.2, 0.25) is 10.0 Å². The lowest BCUT2D eigenvalue weighted by atomic mass is 10.1. The van der Waals surface area contributed by atoms with Crippen LogP contribution in [0.5, 0.6) is 5.75 Å². The van der Waals surface area contributed by atoms with E-state index in [1.807, 2.05) is 26.8 Å². The number of rotatable bonds is 13. The summed E-state index contributed by atoms with van der Waals surface area (Å²) < 4.78 is 64.3. The molecule has 1 saturated heterocycles. The van der Waals surface area contributed by atoms with Crippen LogP contribution in [0.3, 0.4) is 0 Å². The maximum absolute atomic E-state index is 14.7. The zero-order valence-corrected chi connectivity index (χ0v) is 27.6. The van der Waals surface area contributed by atoms with Gasteiger partial charge in [0.25, 0.3) is 0 Å². The van der Waals surface area contributed by atoms with E-state index in [9.17, 15) is 17.6 Å². The van der Waals surface area contributed by atoms with Crippen molar-refractivity contribution in [1.29, 1.82) is 0 Å². The summed E-state index contributed by atoms with van der Waals surface area (Å²) in [6.45, 7) is 8.57. The van der Waals surface area contributed by atoms with Gasteiger partial charge in [0.1, 0.15) is 0 Å². The molecule has 1 unspecified atom stereocenters. The number of halogens is 1. The molecule has 1 fully saturated rings. The Morgan fingerprint density at radius 2 is 2.04 bits per heavy atom. The third-order valence-electron chi connectivity index (χ3n) is 7.05. The quantitative estimate of drug-likeness (QED) is 0.149. The highest BCUT2D eigenvalue weighted by Crippen LogP contribution is 2.27. The first-order valence-corrected chi connectivity index (χ1v) is 16.8. The molecule has 4 rings (SSSR count). The molecule has 1 aliphatic rings. The molecule has 0 spiro atoms. The second-order valence-electron chi connectivity index (χ2n) is 10.9. The van der Waals surface area contributed by atoms with Gasteiger partial charge < -0.3 is 24.3 Å². The molecular weight excluding hydrogens is 621 g/mol. The first-order chi connectivity index (χ1) is 21.4. The van der Waals surface area contributed by atoms with Crippen molar-refractivity contribution in [3.05, 3.63) is 69.5 Å². The van der Waals surface area contributed by atoms with Crippen LogP contribution in [0.25, 0.3) is 0 Å². The normalized spacial score (nSPS) is 15.7. The van der Waals surface area contributed by atoms with E-state index in [1.165, 1.54) is 30.6 Å². The van der Waals surface area contributed by atoms with E-state index in [0.29, 0.717) is 42.3 Å². The van der Waals surface area contributed by atoms with Crippen LogP contribution in [0.1, 0.15) is 58.7 Å². The van der Waals surface area contributed by atoms with Crippen LogP contribution < -0.4 is 14.8 Å². The number of ether oxygens (including phenoxy) is 4. The van der Waals surface area contributed by atoms with Gasteiger partial charge in [-0.2, -0.15) is 4.72 Å². The summed E-state index contributed by atoms with van der Waals surface area (Å²) >= 11 is 1.36. The number of carbonyl (C=O) groups is 1. The topological polar surface area (TPSA) is 125 Å². The molecule has 10 nitrogen and oxygen atoms in total. The van der Waals surface area contributed by atoms with Crippen molar-refractivity contribution in [2.24, 2.45) is 0 Å². The second kappa shape index (κ2) is 15.2. The van der Waals surface area contributed by atoms with Crippen LogP contribution in [0.15, 0.2) is 41.3 Å². The Morgan fingerprint density at radius 3 is 2.76 bits per heavy atom. The maximum Gasteiger partial charge on any atom is 0.357 e. The molecule has 2 N–H and O–H groups in total. The van der Waals surface area contributed by atoms with Gasteiger partial charge in [-0.3, -0.25) is 0 Å². The molecule has 3 aromatic rings. The molecule has 1 aliphatic heterocycles. The zero-order chi connectivity index (χ0) is 32.6. The highest BCUT2D eigenvalue weighted by atomic mass is 32.2. The Labute approximate surface area is 267 Å². The largest absolute Gasteiger partial charge is 0.491 e. The highest BCUT2D eigenvalue weighted by molar-refractivity contribution is 7.89. The van der Waals surface area contributed by atoms with Crippen LogP contribution in [0.4, 0.5) is 9.52 Å². The lowest BCUT2D eigenvalue weighted by molar-refractivity contribution is -0.138. The fourth-order valence-electron chi connectivity index (χ4n) is 4.58. The molecule has 13 heteroatoms. The smallest absolute Gasteiger partial charge is 0.357 e. The monoisotopic (exact) mass is 659 g/mol. The first-order valence-electron chi connectivity index (χ1n) is 14.5. The van der Waals surface area contributed by atoms with E-state index in [4.69, 9.17) is 18.9 Å². The number of carbonyl (C=O) groups excluding carboxylic acids is 1. The number of sulfonamides is 1. The average Bonchev–Trinajstić information content (AvgIpc) is 3.57. The van der Waals surface area contributed by atoms with Gasteiger partial charge in [0.15, 0.2) is 28.2 Å². The number of aromatic nitrogens is 1. The Kier molecular flexibility index (Phi) is 11.6. The summed E-state index contributed by atoms with van der Waals surface area (Å²) in [5, 5.41) is 3.85. The molecule has 2 heterocycles. The molecular formula is C32H38FN3O7S2. The van der Waals surface area contributed by atoms with Crippen LogP contribution in [0.2, 0.25) is 0 Å². The number of hydrogen-bond donors (Lipinski definition) is 2. The standard InChI is InChI=1S/C32H38FN3O7S2/c1-21-9-6-12-28(22(21)2)45(38,39)35-16-7-10-23-13-14-26(25(33)19-23)41-18-8-11-27-29(30(37)40-5)36-31(44-27)34-17-15-24-20-42-32(3,4)43-24/h6,9,12-14,19,24,35H,8,11,15-18,20H2,1-5H3,(H,34,36). The fraction of sp³-hybridized carbons (Fsp3) is 0.438. The van der Waals surface area contributed by atoms with E-state index in [1.54, 1.807) is 25.1 Å². The molecule has 0 amide bonds. The van der Waals surface area contributed by atoms with E-state index in [-0.39, 0.29) is 35.6 Å². The molecule has 45 heavy (non-hydrogen) atoms. The van der Waals surface area contributed by atoms with Gasteiger partial charge in [-0.1, -0.05) is 24.0 Å². The van der Waals surface area contributed by atoms with Crippen molar-refractivity contribution in [2.45, 2.75) is 63.7 Å². The second-order valence-corrected chi connectivity index (χ2v) is 13.7. The SMILES string of the molecule is COC(=O)c1nc(NCCC2COC(C)(C)O2)sc1CCCOc1ccc(C#CCNS(=O)(=O)c2cccc(C)c2C)cc1F. The minimum absolute atomic E-state index is 0.0137. The predicted molar refractivity (Wildman–Crippen MR) is 170 cm³/mol. The van der Waals surface area contributed by atoms with Gasteiger partial charge in [0.05, 0.1) is 37.9 Å². The van der Waals surface area contributed by atoms with Gasteiger partial charge in [-0.05, 0) is 82.3 Å². The predicted octanol–water partition coefficient (Wildman–Crippen LogP) is 4.98. The Bertz CT molecular complexity index is 1680. The maximum atomic E-state index is 14.7. The molecule has 2 aromatic carbocycles. The van der Waals surface area contributed by atoms with E-state index in [0.717, 1.165) is 16.9 Å². The van der Waals surface area contributed by atoms with Crippen LogP contribution in [-0.2, 0) is 30.7 Å². The lowest BCUT2D eigenvalue weighted by Crippen LogP contribution is -2.25. The summed E-state index contributed by atoms with van der Waals surface area (Å²) in [6.07, 6.45) is 1.71. The van der Waals surface area contributed by atoms with Gasteiger partial charge in [0, 0.05) is 17.0 Å². The minimum Gasteiger partial charge on any atom is -0.491 e. The van der Waals surface area contributed by atoms with Gasteiger partial charge in [-0.15, -0.1) is 11.3 Å². The fourth-order valence-corrected chi connectivity index (χ4v) is 6.84. The summed E-state index contributed by atoms with van der Waals surface area (Å²) in [6, 6.07) is 9.40. The van der Waals surface area contributed by atoms with Crippen LogP contribution in [0, 0.1) is 31.5 Å². The van der Waals surface area contributed by atoms with Crippen molar-refractivity contribution in [3.63, 3.8) is 0 Å². The zero-order valence-electron chi connectivity index (χ0n) is 26.0. The van der Waals surface area contributed by atoms with Crippen LogP contribution >= 0.6 is 11.3 Å². The van der Waals surface area contributed by atoms with Gasteiger partial charge >= 0.3 is 5.97 Å². The number of methoxy groups -OCH3 is 1. The number of nitrogens with zero attached hydrogens (tertiary/aromatic N) is 1. The molecule has 0 bridgehead atoms. The molecule has 242 valence electrons. The van der Waals surface area contributed by atoms with Crippen molar-refractivity contribution < 1.29 is 36.6 Å². The number of anilines is 1. The number of esters is 1. The third kappa shape index (κ3) is 9.48. The first kappa shape index (κ1) is 34.3. The van der Waals surface area contributed by atoms with E-state index >= 15 is 0 Å². The summed E-state index contributed by atoms with van der Waals surface area (Å²) in [5.74, 6) is 3.87. The number of thiazole rings is 1. The molecule has 0 saturated carbocycles. The van der Waals surface area contributed by atoms with Crippen LogP contribution in [-0.4, -0.2) is 64.7 Å². The lowest BCUT2D eigenvalue weighted by Gasteiger charge is -2.17. The molecule has 1 aromatic heterocycles. The van der Waals surface area contributed by atoms with Crippen molar-refractivity contribution in [2.75, 3.05) is 38.7 Å². The van der Waals surface area contributed by atoms with E-state index in [2.05, 4.69) is 26.9 Å². The summed E-state index contributed by atoms with van der Waals surface area (Å²) in [4.78, 5) is 17.7. The third-order valence-corrected chi connectivity index (χ3v) is 9.67. The Morgan fingerprint density at radius 1 is 1.24 bits per heavy atom. The number of nitrogens with one attached hydrogen (secondary N) is 2. The summed E-state index contributed by atoms with van der Waals surface area (Å²) in [5.41, 5.74) is 2.18. The minimum atomic E-state index is -3.72.